The molecule has 0 bridgehead atoms. The van der Waals surface area contributed by atoms with Crippen molar-refractivity contribution in [2.75, 3.05) is 13.1 Å². The topological polar surface area (TPSA) is 44.0 Å². The molecule has 1 aromatic carbocycles. The summed E-state index contributed by atoms with van der Waals surface area (Å²) < 4.78 is 0. The Hall–Kier alpha value is -1.65. The third-order valence-electron chi connectivity index (χ3n) is 4.82. The zero-order valence-electron chi connectivity index (χ0n) is 14.3. The normalized spacial score (nSPS) is 19.1. The number of likely N-dealkylation sites (tertiary alicyclic amines) is 1. The number of aromatic amines is 1. The molecule has 1 atom stereocenters. The van der Waals surface area contributed by atoms with Crippen LogP contribution in [0.4, 0.5) is 0 Å². The van der Waals surface area contributed by atoms with E-state index >= 15 is 0 Å². The standard InChI is InChI=1S/C19H28N4/c1-15-6-5-9-23(13-15)14-18-8-4-3-7-17(18)10-20-11-19-12-21-22-16(19)2/h3-4,7-8,12,15,20H,5-6,9-11,13-14H2,1-2H3,(H,21,22). The lowest BCUT2D eigenvalue weighted by Crippen LogP contribution is -2.34. The summed E-state index contributed by atoms with van der Waals surface area (Å²) in [6.45, 7) is 9.74. The molecule has 0 radical (unpaired) electrons. The van der Waals surface area contributed by atoms with Crippen LogP contribution < -0.4 is 5.32 Å². The van der Waals surface area contributed by atoms with E-state index in [9.17, 15) is 0 Å². The monoisotopic (exact) mass is 312 g/mol. The van der Waals surface area contributed by atoms with Gasteiger partial charge in [-0.15, -0.1) is 0 Å². The fourth-order valence-electron chi connectivity index (χ4n) is 3.44. The lowest BCUT2D eigenvalue weighted by molar-refractivity contribution is 0.176. The zero-order chi connectivity index (χ0) is 16.1. The average molecular weight is 312 g/mol. The molecule has 1 saturated heterocycles. The summed E-state index contributed by atoms with van der Waals surface area (Å²) in [5, 5.41) is 10.6. The van der Waals surface area contributed by atoms with Crippen LogP contribution in [-0.4, -0.2) is 28.2 Å². The van der Waals surface area contributed by atoms with Crippen LogP contribution in [0.5, 0.6) is 0 Å². The zero-order valence-corrected chi connectivity index (χ0v) is 14.3. The smallest absolute Gasteiger partial charge is 0.0535 e. The summed E-state index contributed by atoms with van der Waals surface area (Å²) in [6.07, 6.45) is 4.62. The minimum absolute atomic E-state index is 0.832. The maximum atomic E-state index is 4.08. The van der Waals surface area contributed by atoms with E-state index in [1.807, 2.05) is 6.20 Å². The Kier molecular flexibility index (Phi) is 5.47. The fraction of sp³-hybridized carbons (Fsp3) is 0.526. The fourth-order valence-corrected chi connectivity index (χ4v) is 3.44. The highest BCUT2D eigenvalue weighted by atomic mass is 15.1. The first-order chi connectivity index (χ1) is 11.2. The minimum atomic E-state index is 0.832. The Morgan fingerprint density at radius 1 is 1.22 bits per heavy atom. The van der Waals surface area contributed by atoms with Gasteiger partial charge in [0.2, 0.25) is 0 Å². The second-order valence-corrected chi connectivity index (χ2v) is 6.88. The number of H-pyrrole nitrogens is 1. The van der Waals surface area contributed by atoms with Crippen LogP contribution in [0.2, 0.25) is 0 Å². The molecule has 4 nitrogen and oxygen atoms in total. The number of nitrogens with zero attached hydrogens (tertiary/aromatic N) is 2. The summed E-state index contributed by atoms with van der Waals surface area (Å²) in [5.41, 5.74) is 5.25. The number of nitrogens with one attached hydrogen (secondary N) is 2. The van der Waals surface area contributed by atoms with Crippen LogP contribution in [0.15, 0.2) is 30.5 Å². The number of benzene rings is 1. The molecule has 1 unspecified atom stereocenters. The van der Waals surface area contributed by atoms with Crippen LogP contribution in [0.3, 0.4) is 0 Å². The molecule has 1 aliphatic rings. The molecule has 0 aliphatic carbocycles. The van der Waals surface area contributed by atoms with Gasteiger partial charge < -0.3 is 5.32 Å². The minimum Gasteiger partial charge on any atom is -0.308 e. The highest BCUT2D eigenvalue weighted by molar-refractivity contribution is 5.27. The van der Waals surface area contributed by atoms with Gasteiger partial charge in [0.05, 0.1) is 6.20 Å². The molecule has 1 aliphatic heterocycles. The van der Waals surface area contributed by atoms with Gasteiger partial charge in [-0.3, -0.25) is 10.00 Å². The summed E-state index contributed by atoms with van der Waals surface area (Å²) in [6, 6.07) is 8.83. The maximum absolute atomic E-state index is 4.08. The second kappa shape index (κ2) is 7.75. The van der Waals surface area contributed by atoms with Crippen molar-refractivity contribution in [1.82, 2.24) is 20.4 Å². The van der Waals surface area contributed by atoms with E-state index in [-0.39, 0.29) is 0 Å². The van der Waals surface area contributed by atoms with Crippen molar-refractivity contribution in [3.8, 4) is 0 Å². The van der Waals surface area contributed by atoms with Crippen LogP contribution in [0.25, 0.3) is 0 Å². The van der Waals surface area contributed by atoms with Gasteiger partial charge in [-0.1, -0.05) is 31.2 Å². The molecule has 2 aromatic rings. The number of hydrogen-bond acceptors (Lipinski definition) is 3. The molecular formula is C19H28N4. The molecule has 0 amide bonds. The Morgan fingerprint density at radius 3 is 2.74 bits per heavy atom. The lowest BCUT2D eigenvalue weighted by Gasteiger charge is -2.31. The Bertz CT molecular complexity index is 619. The number of aryl methyl sites for hydroxylation is 1. The van der Waals surface area contributed by atoms with Crippen molar-refractivity contribution in [3.05, 3.63) is 52.8 Å². The van der Waals surface area contributed by atoms with Crippen molar-refractivity contribution in [3.63, 3.8) is 0 Å². The van der Waals surface area contributed by atoms with Gasteiger partial charge in [-0.2, -0.15) is 5.10 Å². The van der Waals surface area contributed by atoms with E-state index < -0.39 is 0 Å². The van der Waals surface area contributed by atoms with Gasteiger partial charge in [0.15, 0.2) is 0 Å². The Balaban J connectivity index is 1.58. The molecule has 0 saturated carbocycles. The quantitative estimate of drug-likeness (QED) is 0.860. The van der Waals surface area contributed by atoms with Gasteiger partial charge in [0.25, 0.3) is 0 Å². The molecule has 4 heteroatoms. The Labute approximate surface area is 139 Å². The molecule has 2 heterocycles. The molecule has 23 heavy (non-hydrogen) atoms. The van der Waals surface area contributed by atoms with E-state index in [2.05, 4.69) is 58.5 Å². The Morgan fingerprint density at radius 2 is 2.00 bits per heavy atom. The van der Waals surface area contributed by atoms with Crippen LogP contribution in [0.1, 0.15) is 42.1 Å². The predicted molar refractivity (Wildman–Crippen MR) is 94.0 cm³/mol. The summed E-state index contributed by atoms with van der Waals surface area (Å²) in [4.78, 5) is 2.60. The van der Waals surface area contributed by atoms with Crippen molar-refractivity contribution < 1.29 is 0 Å². The summed E-state index contributed by atoms with van der Waals surface area (Å²) >= 11 is 0. The van der Waals surface area contributed by atoms with E-state index in [0.29, 0.717) is 0 Å². The molecule has 1 fully saturated rings. The predicted octanol–water partition coefficient (Wildman–Crippen LogP) is 3.24. The highest BCUT2D eigenvalue weighted by Crippen LogP contribution is 2.19. The van der Waals surface area contributed by atoms with E-state index in [0.717, 1.165) is 31.2 Å². The second-order valence-electron chi connectivity index (χ2n) is 6.88. The molecule has 2 N–H and O–H groups in total. The first-order valence-electron chi connectivity index (χ1n) is 8.71. The van der Waals surface area contributed by atoms with Crippen LogP contribution in [0, 0.1) is 12.8 Å². The first kappa shape index (κ1) is 16.2. The molecule has 124 valence electrons. The largest absolute Gasteiger partial charge is 0.308 e. The molecular weight excluding hydrogens is 284 g/mol. The van der Waals surface area contributed by atoms with E-state index in [1.165, 1.54) is 42.6 Å². The van der Waals surface area contributed by atoms with Crippen molar-refractivity contribution in [1.29, 1.82) is 0 Å². The molecule has 1 aromatic heterocycles. The summed E-state index contributed by atoms with van der Waals surface area (Å²) in [7, 11) is 0. The molecule has 0 spiro atoms. The van der Waals surface area contributed by atoms with E-state index in [1.54, 1.807) is 0 Å². The SMILES string of the molecule is Cc1[nH]ncc1CNCc1ccccc1CN1CCCC(C)C1. The summed E-state index contributed by atoms with van der Waals surface area (Å²) in [5.74, 6) is 0.832. The lowest BCUT2D eigenvalue weighted by atomic mass is 9.99. The highest BCUT2D eigenvalue weighted by Gasteiger charge is 2.17. The maximum Gasteiger partial charge on any atom is 0.0535 e. The number of piperidine rings is 1. The third kappa shape index (κ3) is 4.43. The van der Waals surface area contributed by atoms with Gasteiger partial charge in [0, 0.05) is 37.4 Å². The number of hydrogen-bond donors (Lipinski definition) is 2. The van der Waals surface area contributed by atoms with Gasteiger partial charge >= 0.3 is 0 Å². The van der Waals surface area contributed by atoms with Crippen molar-refractivity contribution in [2.45, 2.75) is 46.3 Å². The van der Waals surface area contributed by atoms with E-state index in [4.69, 9.17) is 0 Å². The van der Waals surface area contributed by atoms with Crippen molar-refractivity contribution >= 4 is 0 Å². The van der Waals surface area contributed by atoms with Crippen LogP contribution >= 0.6 is 0 Å². The van der Waals surface area contributed by atoms with Gasteiger partial charge in [-0.25, -0.2) is 0 Å². The number of rotatable bonds is 6. The third-order valence-corrected chi connectivity index (χ3v) is 4.82. The average Bonchev–Trinajstić information content (AvgIpc) is 2.94. The molecule has 3 rings (SSSR count). The van der Waals surface area contributed by atoms with Crippen LogP contribution in [-0.2, 0) is 19.6 Å². The van der Waals surface area contributed by atoms with Gasteiger partial charge in [-0.05, 0) is 43.4 Å². The van der Waals surface area contributed by atoms with Crippen molar-refractivity contribution in [2.24, 2.45) is 5.92 Å². The number of aromatic nitrogens is 2. The first-order valence-corrected chi connectivity index (χ1v) is 8.71. The van der Waals surface area contributed by atoms with Gasteiger partial charge in [0.1, 0.15) is 0 Å².